The molecule has 0 fully saturated rings. The zero-order valence-electron chi connectivity index (χ0n) is 9.20. The van der Waals surface area contributed by atoms with Crippen molar-refractivity contribution in [2.75, 3.05) is 0 Å². The van der Waals surface area contributed by atoms with Gasteiger partial charge in [0.05, 0.1) is 5.52 Å². The molecular weight excluding hydrogens is 248 g/mol. The number of allylic oxidation sites excluding steroid dienone is 1. The lowest BCUT2D eigenvalue weighted by molar-refractivity contribution is 0.0691. The Hall–Kier alpha value is -2.14. The van der Waals surface area contributed by atoms with Crippen LogP contribution in [0, 0.1) is 0 Å². The molecule has 1 N–H and O–H groups in total. The number of nitrogens with zero attached hydrogens (tertiary/aromatic N) is 2. The molecule has 1 aliphatic rings. The Morgan fingerprint density at radius 3 is 2.89 bits per heavy atom. The predicted molar refractivity (Wildman–Crippen MR) is 71.9 cm³/mol. The minimum atomic E-state index is -1.03. The Morgan fingerprint density at radius 2 is 2.06 bits per heavy atom. The van der Waals surface area contributed by atoms with Crippen molar-refractivity contribution in [1.29, 1.82) is 0 Å². The predicted octanol–water partition coefficient (Wildman–Crippen LogP) is 3.25. The number of aromatic carboxylic acids is 1. The Morgan fingerprint density at radius 1 is 1.22 bits per heavy atom. The Bertz CT molecular complexity index is 707. The van der Waals surface area contributed by atoms with Crippen LogP contribution in [-0.4, -0.2) is 22.3 Å². The van der Waals surface area contributed by atoms with E-state index in [-0.39, 0.29) is 5.69 Å². The highest BCUT2D eigenvalue weighted by atomic mass is 32.2. The van der Waals surface area contributed by atoms with Gasteiger partial charge in [0, 0.05) is 16.5 Å². The quantitative estimate of drug-likeness (QED) is 0.850. The van der Waals surface area contributed by atoms with Crippen LogP contribution in [0.5, 0.6) is 0 Å². The van der Waals surface area contributed by atoms with Crippen molar-refractivity contribution in [3.63, 3.8) is 0 Å². The SMILES string of the molecule is O=C(O)c1ccc2ccc3c(c2n1)N=CC=CS3. The molecule has 1 aromatic heterocycles. The number of carbonyl (C=O) groups is 1. The Balaban J connectivity index is 2.32. The molecule has 0 aliphatic carbocycles. The molecule has 0 atom stereocenters. The van der Waals surface area contributed by atoms with Gasteiger partial charge in [0.25, 0.3) is 0 Å². The van der Waals surface area contributed by atoms with Crippen molar-refractivity contribution in [3.8, 4) is 0 Å². The van der Waals surface area contributed by atoms with E-state index < -0.39 is 5.97 Å². The number of thioether (sulfide) groups is 1. The first kappa shape index (κ1) is 11.0. The number of pyridine rings is 1. The summed E-state index contributed by atoms with van der Waals surface area (Å²) in [6.07, 6.45) is 3.53. The van der Waals surface area contributed by atoms with Crippen LogP contribution in [-0.2, 0) is 0 Å². The molecule has 3 rings (SSSR count). The van der Waals surface area contributed by atoms with E-state index in [4.69, 9.17) is 5.11 Å². The lowest BCUT2D eigenvalue weighted by Crippen LogP contribution is -1.99. The number of carboxylic acid groups (broad SMARTS) is 1. The summed E-state index contributed by atoms with van der Waals surface area (Å²) in [6.45, 7) is 0. The molecule has 5 heteroatoms. The first-order valence-electron chi connectivity index (χ1n) is 5.28. The van der Waals surface area contributed by atoms with Crippen molar-refractivity contribution in [2.45, 2.75) is 4.90 Å². The van der Waals surface area contributed by atoms with Gasteiger partial charge in [-0.3, -0.25) is 4.99 Å². The fourth-order valence-electron chi connectivity index (χ4n) is 1.76. The highest BCUT2D eigenvalue weighted by Crippen LogP contribution is 2.37. The van der Waals surface area contributed by atoms with E-state index in [9.17, 15) is 4.79 Å². The maximum absolute atomic E-state index is 11.0. The second-order valence-corrected chi connectivity index (χ2v) is 4.66. The standard InChI is InChI=1S/C13H8N2O2S/c16-13(17)9-4-2-8-3-5-10-12(11(8)15-9)14-6-1-7-18-10/h1-7H,(H,16,17). The van der Waals surface area contributed by atoms with Gasteiger partial charge in [-0.2, -0.15) is 0 Å². The molecule has 2 heterocycles. The largest absolute Gasteiger partial charge is 0.477 e. The van der Waals surface area contributed by atoms with Crippen molar-refractivity contribution in [2.24, 2.45) is 4.99 Å². The van der Waals surface area contributed by atoms with Crippen molar-refractivity contribution < 1.29 is 9.90 Å². The van der Waals surface area contributed by atoms with Crippen LogP contribution in [0.1, 0.15) is 10.5 Å². The van der Waals surface area contributed by atoms with E-state index in [1.165, 1.54) is 6.07 Å². The number of aliphatic imine (C=N–C) groups is 1. The van der Waals surface area contributed by atoms with Gasteiger partial charge in [-0.15, -0.1) is 0 Å². The van der Waals surface area contributed by atoms with Crippen LogP contribution in [0.25, 0.3) is 10.9 Å². The summed E-state index contributed by atoms with van der Waals surface area (Å²) < 4.78 is 0. The molecule has 0 spiro atoms. The molecule has 2 aromatic rings. The van der Waals surface area contributed by atoms with E-state index in [0.717, 1.165) is 16.0 Å². The zero-order valence-corrected chi connectivity index (χ0v) is 10.0. The molecule has 0 amide bonds. The number of aromatic nitrogens is 1. The van der Waals surface area contributed by atoms with Crippen molar-refractivity contribution >= 4 is 40.5 Å². The third-order valence-electron chi connectivity index (χ3n) is 2.58. The molecule has 18 heavy (non-hydrogen) atoms. The van der Waals surface area contributed by atoms with E-state index in [0.29, 0.717) is 5.52 Å². The van der Waals surface area contributed by atoms with Crippen LogP contribution < -0.4 is 0 Å². The second kappa shape index (κ2) is 4.27. The van der Waals surface area contributed by atoms with E-state index in [2.05, 4.69) is 9.98 Å². The topological polar surface area (TPSA) is 62.5 Å². The van der Waals surface area contributed by atoms with Crippen LogP contribution in [0.15, 0.2) is 45.6 Å². The van der Waals surface area contributed by atoms with Crippen molar-refractivity contribution in [1.82, 2.24) is 4.98 Å². The lowest BCUT2D eigenvalue weighted by atomic mass is 10.1. The number of benzene rings is 1. The number of fused-ring (bicyclic) bond motifs is 3. The maximum atomic E-state index is 11.0. The molecule has 0 radical (unpaired) electrons. The smallest absolute Gasteiger partial charge is 0.354 e. The van der Waals surface area contributed by atoms with Gasteiger partial charge in [-0.25, -0.2) is 9.78 Å². The monoisotopic (exact) mass is 256 g/mol. The van der Waals surface area contributed by atoms with Crippen LogP contribution in [0.4, 0.5) is 5.69 Å². The first-order valence-corrected chi connectivity index (χ1v) is 6.16. The minimum absolute atomic E-state index is 0.0355. The minimum Gasteiger partial charge on any atom is -0.477 e. The number of carboxylic acids is 1. The summed E-state index contributed by atoms with van der Waals surface area (Å²) in [5.74, 6) is -1.03. The molecule has 4 nitrogen and oxygen atoms in total. The zero-order chi connectivity index (χ0) is 12.5. The third-order valence-corrected chi connectivity index (χ3v) is 3.46. The summed E-state index contributed by atoms with van der Waals surface area (Å²) in [7, 11) is 0. The summed E-state index contributed by atoms with van der Waals surface area (Å²) in [5.41, 5.74) is 1.39. The molecule has 1 aliphatic heterocycles. The van der Waals surface area contributed by atoms with E-state index in [1.807, 2.05) is 23.6 Å². The number of rotatable bonds is 1. The van der Waals surface area contributed by atoms with Gasteiger partial charge in [-0.05, 0) is 23.6 Å². The van der Waals surface area contributed by atoms with Crippen LogP contribution >= 0.6 is 11.8 Å². The van der Waals surface area contributed by atoms with Gasteiger partial charge >= 0.3 is 5.97 Å². The van der Waals surface area contributed by atoms with E-state index >= 15 is 0 Å². The molecule has 1 aromatic carbocycles. The highest BCUT2D eigenvalue weighted by molar-refractivity contribution is 8.02. The highest BCUT2D eigenvalue weighted by Gasteiger charge is 2.12. The van der Waals surface area contributed by atoms with Crippen LogP contribution in [0.3, 0.4) is 0 Å². The maximum Gasteiger partial charge on any atom is 0.354 e. The molecule has 0 saturated heterocycles. The van der Waals surface area contributed by atoms with Gasteiger partial charge in [0.1, 0.15) is 11.4 Å². The molecule has 0 bridgehead atoms. The van der Waals surface area contributed by atoms with Gasteiger partial charge in [0.15, 0.2) is 0 Å². The van der Waals surface area contributed by atoms with E-state index in [1.54, 1.807) is 24.0 Å². The molecule has 0 saturated carbocycles. The van der Waals surface area contributed by atoms with Gasteiger partial charge in [0.2, 0.25) is 0 Å². The van der Waals surface area contributed by atoms with Gasteiger partial charge in [-0.1, -0.05) is 23.9 Å². The third kappa shape index (κ3) is 1.78. The first-order chi connectivity index (χ1) is 8.75. The summed E-state index contributed by atoms with van der Waals surface area (Å²) in [6, 6.07) is 7.15. The number of hydrogen-bond acceptors (Lipinski definition) is 4. The summed E-state index contributed by atoms with van der Waals surface area (Å²) in [4.78, 5) is 20.4. The second-order valence-electron chi connectivity index (χ2n) is 3.71. The average Bonchev–Trinajstić information content (AvgIpc) is 2.63. The number of hydrogen-bond donors (Lipinski definition) is 1. The molecule has 0 unspecified atom stereocenters. The average molecular weight is 256 g/mol. The van der Waals surface area contributed by atoms with Gasteiger partial charge < -0.3 is 5.11 Å². The van der Waals surface area contributed by atoms with Crippen LogP contribution in [0.2, 0.25) is 0 Å². The van der Waals surface area contributed by atoms with Crippen molar-refractivity contribution in [3.05, 3.63) is 41.4 Å². The fourth-order valence-corrected chi connectivity index (χ4v) is 2.46. The summed E-state index contributed by atoms with van der Waals surface area (Å²) in [5, 5.41) is 11.8. The lowest BCUT2D eigenvalue weighted by Gasteiger charge is -2.06. The summed E-state index contributed by atoms with van der Waals surface area (Å²) >= 11 is 1.55. The molecule has 88 valence electrons. The molecular formula is C13H8N2O2S. The normalized spacial score (nSPS) is 13.3. The fraction of sp³-hybridized carbons (Fsp3) is 0. The Labute approximate surface area is 107 Å². The Kier molecular flexibility index (Phi) is 2.60.